The second-order valence-electron chi connectivity index (χ2n) is 6.31. The smallest absolute Gasteiger partial charge is 0.251 e. The summed E-state index contributed by atoms with van der Waals surface area (Å²) in [6.45, 7) is 1.92. The molecule has 2 heterocycles. The largest absolute Gasteiger partial charge is 0.497 e. The van der Waals surface area contributed by atoms with E-state index in [1.54, 1.807) is 31.4 Å². The maximum atomic E-state index is 12.5. The molecule has 1 spiro atoms. The Labute approximate surface area is 153 Å². The molecule has 9 heteroatoms. The second kappa shape index (κ2) is 7.91. The van der Waals surface area contributed by atoms with E-state index >= 15 is 0 Å². The van der Waals surface area contributed by atoms with Gasteiger partial charge in [-0.05, 0) is 24.3 Å². The molecule has 26 heavy (non-hydrogen) atoms. The van der Waals surface area contributed by atoms with Gasteiger partial charge in [-0.3, -0.25) is 4.79 Å². The van der Waals surface area contributed by atoms with Crippen molar-refractivity contribution in [3.8, 4) is 5.75 Å². The Morgan fingerprint density at radius 1 is 1.19 bits per heavy atom. The number of amides is 1. The van der Waals surface area contributed by atoms with Crippen LogP contribution >= 0.6 is 0 Å². The fourth-order valence-corrected chi connectivity index (χ4v) is 4.51. The molecule has 2 fully saturated rings. The van der Waals surface area contributed by atoms with Gasteiger partial charge in [-0.2, -0.15) is 0 Å². The maximum Gasteiger partial charge on any atom is 0.251 e. The highest BCUT2D eigenvalue weighted by Crippen LogP contribution is 2.32. The van der Waals surface area contributed by atoms with Crippen LogP contribution in [0.25, 0.3) is 0 Å². The van der Waals surface area contributed by atoms with E-state index in [9.17, 15) is 13.2 Å². The van der Waals surface area contributed by atoms with Gasteiger partial charge in [-0.1, -0.05) is 0 Å². The summed E-state index contributed by atoms with van der Waals surface area (Å²) in [5.41, 5.74) is 0.457. The highest BCUT2D eigenvalue weighted by Gasteiger charge is 2.42. The predicted molar refractivity (Wildman–Crippen MR) is 94.6 cm³/mol. The summed E-state index contributed by atoms with van der Waals surface area (Å²) >= 11 is 0. The number of carbonyl (C=O) groups excluding carboxylic acids is 1. The lowest BCUT2D eigenvalue weighted by Gasteiger charge is -2.36. The fraction of sp³-hybridized carbons (Fsp3) is 0.588. The summed E-state index contributed by atoms with van der Waals surface area (Å²) in [5.74, 6) is -0.395. The number of rotatable bonds is 6. The van der Waals surface area contributed by atoms with Gasteiger partial charge < -0.3 is 19.5 Å². The lowest BCUT2D eigenvalue weighted by molar-refractivity contribution is -0.179. The molecule has 0 bridgehead atoms. The molecule has 1 aromatic rings. The molecule has 1 N–H and O–H groups in total. The third kappa shape index (κ3) is 4.35. The van der Waals surface area contributed by atoms with Crippen molar-refractivity contribution in [2.75, 3.05) is 45.7 Å². The minimum absolute atomic E-state index is 0.0574. The predicted octanol–water partition coefficient (Wildman–Crippen LogP) is 0.594. The van der Waals surface area contributed by atoms with Crippen molar-refractivity contribution in [2.24, 2.45) is 0 Å². The molecule has 0 atom stereocenters. The van der Waals surface area contributed by atoms with Crippen molar-refractivity contribution in [3.05, 3.63) is 29.8 Å². The normalized spacial score (nSPS) is 20.2. The summed E-state index contributed by atoms with van der Waals surface area (Å²) in [6.07, 6.45) is 1.06. The Morgan fingerprint density at radius 2 is 1.81 bits per heavy atom. The first kappa shape index (κ1) is 19.1. The first-order valence-electron chi connectivity index (χ1n) is 8.62. The number of hydrogen-bond acceptors (Lipinski definition) is 6. The molecule has 1 amide bonds. The Balaban J connectivity index is 1.46. The van der Waals surface area contributed by atoms with Gasteiger partial charge in [-0.25, -0.2) is 12.7 Å². The summed E-state index contributed by atoms with van der Waals surface area (Å²) in [6, 6.07) is 6.63. The standard InChI is InChI=1S/C17H24N2O6S/c1-23-15-4-2-14(3-5-15)16(20)18-8-13-26(21,22)19-9-6-17(7-10-19)24-11-12-25-17/h2-5H,6-13H2,1H3,(H,18,20). The average Bonchev–Trinajstić information content (AvgIpc) is 3.10. The lowest BCUT2D eigenvalue weighted by atomic mass is 10.1. The highest BCUT2D eigenvalue weighted by atomic mass is 32.2. The zero-order valence-corrected chi connectivity index (χ0v) is 15.6. The van der Waals surface area contributed by atoms with Crippen LogP contribution in [0.2, 0.25) is 0 Å². The Hall–Kier alpha value is -1.68. The van der Waals surface area contributed by atoms with Crippen LogP contribution < -0.4 is 10.1 Å². The SMILES string of the molecule is COc1ccc(C(=O)NCCS(=O)(=O)N2CCC3(CC2)OCCO3)cc1. The number of piperidine rings is 1. The summed E-state index contributed by atoms with van der Waals surface area (Å²) in [5, 5.41) is 2.65. The Bertz CT molecular complexity index is 718. The van der Waals surface area contributed by atoms with E-state index in [1.165, 1.54) is 4.31 Å². The number of sulfonamides is 1. The molecule has 0 aliphatic carbocycles. The third-order valence-electron chi connectivity index (χ3n) is 4.69. The van der Waals surface area contributed by atoms with Gasteiger partial charge in [0.25, 0.3) is 5.91 Å². The van der Waals surface area contributed by atoms with Gasteiger partial charge in [0, 0.05) is 38.0 Å². The number of hydrogen-bond donors (Lipinski definition) is 1. The van der Waals surface area contributed by atoms with E-state index in [-0.39, 0.29) is 18.2 Å². The molecule has 2 aliphatic heterocycles. The van der Waals surface area contributed by atoms with Crippen LogP contribution in [0.3, 0.4) is 0 Å². The molecule has 8 nitrogen and oxygen atoms in total. The van der Waals surface area contributed by atoms with Gasteiger partial charge in [0.2, 0.25) is 10.0 Å². The summed E-state index contributed by atoms with van der Waals surface area (Å²) in [7, 11) is -1.88. The number of methoxy groups -OCH3 is 1. The molecule has 2 aliphatic rings. The van der Waals surface area contributed by atoms with Crippen LogP contribution in [-0.2, 0) is 19.5 Å². The number of nitrogens with zero attached hydrogens (tertiary/aromatic N) is 1. The van der Waals surface area contributed by atoms with E-state index in [4.69, 9.17) is 14.2 Å². The van der Waals surface area contributed by atoms with E-state index in [1.807, 2.05) is 0 Å². The first-order valence-corrected chi connectivity index (χ1v) is 10.2. The lowest BCUT2D eigenvalue weighted by Crippen LogP contribution is -2.48. The molecule has 1 aromatic carbocycles. The minimum atomic E-state index is -3.43. The first-order chi connectivity index (χ1) is 12.4. The molecular weight excluding hydrogens is 360 g/mol. The molecule has 0 unspecified atom stereocenters. The van der Waals surface area contributed by atoms with Gasteiger partial charge in [0.05, 0.1) is 26.1 Å². The highest BCUT2D eigenvalue weighted by molar-refractivity contribution is 7.89. The maximum absolute atomic E-state index is 12.5. The Morgan fingerprint density at radius 3 is 2.38 bits per heavy atom. The van der Waals surface area contributed by atoms with Gasteiger partial charge in [0.15, 0.2) is 5.79 Å². The van der Waals surface area contributed by atoms with Crippen LogP contribution in [0.1, 0.15) is 23.2 Å². The van der Waals surface area contributed by atoms with Gasteiger partial charge in [0.1, 0.15) is 5.75 Å². The molecule has 144 valence electrons. The molecule has 0 saturated carbocycles. The van der Waals surface area contributed by atoms with E-state index in [2.05, 4.69) is 5.32 Å². The molecule has 0 radical (unpaired) electrons. The number of benzene rings is 1. The third-order valence-corrected chi connectivity index (χ3v) is 6.56. The van der Waals surface area contributed by atoms with Crippen molar-refractivity contribution in [1.82, 2.24) is 9.62 Å². The molecule has 0 aromatic heterocycles. The summed E-state index contributed by atoms with van der Waals surface area (Å²) < 4.78 is 42.6. The van der Waals surface area contributed by atoms with Gasteiger partial charge in [-0.15, -0.1) is 0 Å². The quantitative estimate of drug-likeness (QED) is 0.772. The van der Waals surface area contributed by atoms with Crippen LogP contribution in [0.5, 0.6) is 5.75 Å². The molecule has 2 saturated heterocycles. The van der Waals surface area contributed by atoms with Crippen molar-refractivity contribution < 1.29 is 27.4 Å². The number of carbonyl (C=O) groups is 1. The zero-order valence-electron chi connectivity index (χ0n) is 14.8. The van der Waals surface area contributed by atoms with Crippen LogP contribution in [0.4, 0.5) is 0 Å². The van der Waals surface area contributed by atoms with Gasteiger partial charge >= 0.3 is 0 Å². The topological polar surface area (TPSA) is 94.2 Å². The van der Waals surface area contributed by atoms with Crippen molar-refractivity contribution in [2.45, 2.75) is 18.6 Å². The minimum Gasteiger partial charge on any atom is -0.497 e. The molecule has 3 rings (SSSR count). The number of ether oxygens (including phenoxy) is 3. The average molecular weight is 384 g/mol. The Kier molecular flexibility index (Phi) is 5.81. The zero-order chi connectivity index (χ0) is 18.6. The van der Waals surface area contributed by atoms with E-state index < -0.39 is 15.8 Å². The monoisotopic (exact) mass is 384 g/mol. The van der Waals surface area contributed by atoms with E-state index in [0.717, 1.165) is 0 Å². The fourth-order valence-electron chi connectivity index (χ4n) is 3.16. The summed E-state index contributed by atoms with van der Waals surface area (Å²) in [4.78, 5) is 12.1. The second-order valence-corrected chi connectivity index (χ2v) is 8.40. The number of nitrogens with one attached hydrogen (secondary N) is 1. The molecular formula is C17H24N2O6S. The van der Waals surface area contributed by atoms with Crippen molar-refractivity contribution in [3.63, 3.8) is 0 Å². The van der Waals surface area contributed by atoms with Crippen LogP contribution in [0.15, 0.2) is 24.3 Å². The van der Waals surface area contributed by atoms with Crippen molar-refractivity contribution >= 4 is 15.9 Å². The van der Waals surface area contributed by atoms with E-state index in [0.29, 0.717) is 50.5 Å². The van der Waals surface area contributed by atoms with Crippen LogP contribution in [0, 0.1) is 0 Å². The van der Waals surface area contributed by atoms with Crippen molar-refractivity contribution in [1.29, 1.82) is 0 Å². The van der Waals surface area contributed by atoms with Crippen LogP contribution in [-0.4, -0.2) is 70.1 Å².